The Bertz CT molecular complexity index is 1440. The Hall–Kier alpha value is -4.61. The van der Waals surface area contributed by atoms with Crippen molar-refractivity contribution in [3.8, 4) is 29.2 Å². The van der Waals surface area contributed by atoms with Crippen molar-refractivity contribution in [2.75, 3.05) is 31.7 Å². The first-order chi connectivity index (χ1) is 16.2. The maximum absolute atomic E-state index is 14.7. The SMILES string of the molecule is COc1nc(OCC2CN(c3cc(-c4c[nH]c(=O)[nH]c4=O)n[nH]c3=O)CC2(F)F)ncc1C#N. The van der Waals surface area contributed by atoms with E-state index in [1.165, 1.54) is 13.2 Å². The Labute approximate surface area is 188 Å². The van der Waals surface area contributed by atoms with Crippen LogP contribution in [0.4, 0.5) is 14.5 Å². The Morgan fingerprint density at radius 2 is 2.12 bits per heavy atom. The van der Waals surface area contributed by atoms with Crippen molar-refractivity contribution in [3.05, 3.63) is 55.2 Å². The fraction of sp³-hybridized carbons (Fsp3) is 0.316. The highest BCUT2D eigenvalue weighted by Gasteiger charge is 2.49. The molecule has 0 saturated carbocycles. The van der Waals surface area contributed by atoms with E-state index in [1.807, 2.05) is 11.1 Å². The number of anilines is 1. The van der Waals surface area contributed by atoms with Crippen LogP contribution < -0.4 is 31.2 Å². The maximum Gasteiger partial charge on any atom is 0.325 e. The van der Waals surface area contributed by atoms with Gasteiger partial charge >= 0.3 is 11.7 Å². The number of ether oxygens (including phenoxy) is 2. The average Bonchev–Trinajstić information content (AvgIpc) is 3.11. The molecule has 1 aliphatic heterocycles. The third-order valence-electron chi connectivity index (χ3n) is 5.12. The molecule has 4 rings (SSSR count). The zero-order valence-corrected chi connectivity index (χ0v) is 17.5. The lowest BCUT2D eigenvalue weighted by Crippen LogP contribution is -2.32. The molecule has 3 aromatic rings. The van der Waals surface area contributed by atoms with Gasteiger partial charge in [-0.05, 0) is 6.07 Å². The number of halogens is 2. The molecule has 1 aliphatic rings. The molecule has 1 saturated heterocycles. The highest BCUT2D eigenvalue weighted by molar-refractivity contribution is 5.62. The molecule has 13 nitrogen and oxygen atoms in total. The first-order valence-corrected chi connectivity index (χ1v) is 9.70. The molecule has 0 radical (unpaired) electrons. The summed E-state index contributed by atoms with van der Waals surface area (Å²) in [5.74, 6) is -4.62. The Morgan fingerprint density at radius 1 is 1.32 bits per heavy atom. The van der Waals surface area contributed by atoms with Crippen LogP contribution in [0, 0.1) is 17.2 Å². The number of methoxy groups -OCH3 is 1. The van der Waals surface area contributed by atoms with E-state index in [0.717, 1.165) is 17.3 Å². The standard InChI is InChI=1S/C19H16F2N8O5/c1-33-16-9(3-22)4-24-18(26-16)34-7-10-6-29(8-19(10,20)21)13-2-12(27-28-15(13)31)11-5-23-17(32)25-14(11)30/h2,4-5,10H,6-8H2,1H3,(H,28,31)(H2,23,25,30,32). The van der Waals surface area contributed by atoms with Crippen LogP contribution in [-0.2, 0) is 0 Å². The van der Waals surface area contributed by atoms with Gasteiger partial charge in [-0.2, -0.15) is 15.3 Å². The minimum absolute atomic E-state index is 0.0202. The van der Waals surface area contributed by atoms with Crippen molar-refractivity contribution in [2.24, 2.45) is 5.92 Å². The van der Waals surface area contributed by atoms with Crippen molar-refractivity contribution >= 4 is 5.69 Å². The van der Waals surface area contributed by atoms with E-state index in [0.29, 0.717) is 0 Å². The van der Waals surface area contributed by atoms with Crippen LogP contribution >= 0.6 is 0 Å². The minimum Gasteiger partial charge on any atom is -0.480 e. The summed E-state index contributed by atoms with van der Waals surface area (Å²) in [6, 6.07) is 2.77. The summed E-state index contributed by atoms with van der Waals surface area (Å²) < 4.78 is 39.7. The number of aromatic nitrogens is 6. The number of alkyl halides is 2. The molecule has 1 atom stereocenters. The van der Waals surface area contributed by atoms with Crippen molar-refractivity contribution in [1.29, 1.82) is 5.26 Å². The molecule has 0 aliphatic carbocycles. The van der Waals surface area contributed by atoms with Gasteiger partial charge in [0, 0.05) is 12.7 Å². The molecule has 1 fully saturated rings. The van der Waals surface area contributed by atoms with Crippen LogP contribution in [0.25, 0.3) is 11.3 Å². The number of nitrogens with zero attached hydrogens (tertiary/aromatic N) is 5. The number of rotatable bonds is 6. The smallest absolute Gasteiger partial charge is 0.325 e. The number of hydrogen-bond donors (Lipinski definition) is 3. The third kappa shape index (κ3) is 4.33. The molecular formula is C19H16F2N8O5. The monoisotopic (exact) mass is 474 g/mol. The van der Waals surface area contributed by atoms with E-state index in [2.05, 4.69) is 25.1 Å². The Morgan fingerprint density at radius 3 is 2.82 bits per heavy atom. The zero-order chi connectivity index (χ0) is 24.5. The number of H-pyrrole nitrogens is 3. The first-order valence-electron chi connectivity index (χ1n) is 9.70. The predicted molar refractivity (Wildman–Crippen MR) is 111 cm³/mol. The van der Waals surface area contributed by atoms with Crippen molar-refractivity contribution in [2.45, 2.75) is 5.92 Å². The van der Waals surface area contributed by atoms with Crippen LogP contribution in [-0.4, -0.2) is 62.9 Å². The van der Waals surface area contributed by atoms with Crippen molar-refractivity contribution < 1.29 is 18.3 Å². The van der Waals surface area contributed by atoms with Crippen molar-refractivity contribution in [1.82, 2.24) is 30.1 Å². The van der Waals surface area contributed by atoms with E-state index >= 15 is 0 Å². The zero-order valence-electron chi connectivity index (χ0n) is 17.5. The largest absolute Gasteiger partial charge is 0.480 e. The normalized spacial score (nSPS) is 16.8. The number of nitriles is 1. The van der Waals surface area contributed by atoms with Crippen molar-refractivity contribution in [3.63, 3.8) is 0 Å². The van der Waals surface area contributed by atoms with Crippen LogP contribution in [0.5, 0.6) is 11.9 Å². The summed E-state index contributed by atoms with van der Waals surface area (Å²) >= 11 is 0. The van der Waals surface area contributed by atoms with Gasteiger partial charge in [-0.3, -0.25) is 14.6 Å². The molecule has 0 amide bonds. The summed E-state index contributed by atoms with van der Waals surface area (Å²) in [7, 11) is 1.29. The van der Waals surface area contributed by atoms with E-state index in [-0.39, 0.29) is 40.9 Å². The molecule has 15 heteroatoms. The highest BCUT2D eigenvalue weighted by Crippen LogP contribution is 2.35. The minimum atomic E-state index is -3.23. The molecule has 176 valence electrons. The van der Waals surface area contributed by atoms with Crippen LogP contribution in [0.3, 0.4) is 0 Å². The fourth-order valence-electron chi connectivity index (χ4n) is 3.40. The summed E-state index contributed by atoms with van der Waals surface area (Å²) in [5, 5.41) is 14.9. The fourth-order valence-corrected chi connectivity index (χ4v) is 3.40. The number of aromatic amines is 3. The van der Waals surface area contributed by atoms with Crippen LogP contribution in [0.15, 0.2) is 32.8 Å². The second kappa shape index (κ2) is 8.73. The van der Waals surface area contributed by atoms with Crippen LogP contribution in [0.2, 0.25) is 0 Å². The van der Waals surface area contributed by atoms with Gasteiger partial charge in [0.25, 0.3) is 17.0 Å². The molecule has 1 unspecified atom stereocenters. The Balaban J connectivity index is 1.55. The number of nitrogens with one attached hydrogen (secondary N) is 3. The molecule has 0 bridgehead atoms. The Kier molecular flexibility index (Phi) is 5.80. The molecule has 4 heterocycles. The summed E-state index contributed by atoms with van der Waals surface area (Å²) in [4.78, 5) is 48.7. The maximum atomic E-state index is 14.7. The third-order valence-corrected chi connectivity index (χ3v) is 5.12. The summed E-state index contributed by atoms with van der Waals surface area (Å²) in [6.07, 6.45) is 2.25. The molecule has 0 spiro atoms. The molecule has 3 aromatic heterocycles. The quantitative estimate of drug-likeness (QED) is 0.426. The summed E-state index contributed by atoms with van der Waals surface area (Å²) in [6.45, 7) is -1.52. The lowest BCUT2D eigenvalue weighted by Gasteiger charge is -2.17. The van der Waals surface area contributed by atoms with Gasteiger partial charge in [-0.1, -0.05) is 0 Å². The van der Waals surface area contributed by atoms with Gasteiger partial charge < -0.3 is 19.4 Å². The van der Waals surface area contributed by atoms with Gasteiger partial charge in [0.05, 0.1) is 37.0 Å². The lowest BCUT2D eigenvalue weighted by atomic mass is 10.1. The number of hydrogen-bond acceptors (Lipinski definition) is 10. The van der Waals surface area contributed by atoms with Gasteiger partial charge in [-0.25, -0.2) is 23.7 Å². The van der Waals surface area contributed by atoms with Gasteiger partial charge in [0.2, 0.25) is 5.88 Å². The van der Waals surface area contributed by atoms with Gasteiger partial charge in [0.15, 0.2) is 0 Å². The molecular weight excluding hydrogens is 458 g/mol. The molecule has 34 heavy (non-hydrogen) atoms. The molecule has 0 aromatic carbocycles. The predicted octanol–water partition coefficient (Wildman–Crippen LogP) is -0.366. The summed E-state index contributed by atoms with van der Waals surface area (Å²) in [5.41, 5.74) is -2.38. The first kappa shape index (κ1) is 22.6. The van der Waals surface area contributed by atoms with Gasteiger partial charge in [-0.15, -0.1) is 0 Å². The second-order valence-electron chi connectivity index (χ2n) is 7.29. The molecule has 3 N–H and O–H groups in total. The average molecular weight is 474 g/mol. The second-order valence-corrected chi connectivity index (χ2v) is 7.29. The van der Waals surface area contributed by atoms with E-state index in [1.54, 1.807) is 0 Å². The van der Waals surface area contributed by atoms with Gasteiger partial charge in [0.1, 0.15) is 23.9 Å². The van der Waals surface area contributed by atoms with E-state index < -0.39 is 41.8 Å². The van der Waals surface area contributed by atoms with Crippen LogP contribution in [0.1, 0.15) is 5.56 Å². The van der Waals surface area contributed by atoms with E-state index in [9.17, 15) is 23.2 Å². The topological polar surface area (TPSA) is 183 Å². The lowest BCUT2D eigenvalue weighted by molar-refractivity contribution is -0.0365. The highest BCUT2D eigenvalue weighted by atomic mass is 19.3. The van der Waals surface area contributed by atoms with E-state index in [4.69, 9.17) is 14.7 Å².